The molecule has 0 heterocycles. The van der Waals surface area contributed by atoms with Crippen LogP contribution in [0.3, 0.4) is 0 Å². The summed E-state index contributed by atoms with van der Waals surface area (Å²) in [5.41, 5.74) is 0. The van der Waals surface area contributed by atoms with E-state index in [0.29, 0.717) is 6.67 Å². The normalized spacial score (nSPS) is 9.79. The Morgan fingerprint density at radius 3 is 2.00 bits per heavy atom. The van der Waals surface area contributed by atoms with Crippen molar-refractivity contribution in [2.45, 2.75) is 20.8 Å². The Kier molecular flexibility index (Phi) is 8.04. The molecule has 0 spiro atoms. The standard InChI is InChI=1S/C7H14N2O3.C2H6/c1-6(10)8-5-9(2,3)4-7(11)12;1-2/h4-5H2,1-3H3,(H-,8,10,11,12);1-2H3. The highest BCUT2D eigenvalue weighted by Gasteiger charge is 2.14. The molecule has 0 unspecified atom stereocenters. The van der Waals surface area contributed by atoms with E-state index in [2.05, 4.69) is 5.32 Å². The van der Waals surface area contributed by atoms with Crippen molar-refractivity contribution in [3.05, 3.63) is 0 Å². The fourth-order valence-electron chi connectivity index (χ4n) is 0.731. The van der Waals surface area contributed by atoms with Crippen LogP contribution in [0.15, 0.2) is 0 Å². The highest BCUT2D eigenvalue weighted by atomic mass is 16.4. The van der Waals surface area contributed by atoms with Gasteiger partial charge in [-0.2, -0.15) is 0 Å². The van der Waals surface area contributed by atoms with E-state index in [-0.39, 0.29) is 16.9 Å². The average molecular weight is 204 g/mol. The number of carbonyl (C=O) groups is 2. The van der Waals surface area contributed by atoms with Gasteiger partial charge in [-0.15, -0.1) is 0 Å². The molecule has 0 rings (SSSR count). The van der Waals surface area contributed by atoms with Crippen molar-refractivity contribution in [3.8, 4) is 0 Å². The number of hydrogen-bond acceptors (Lipinski definition) is 3. The average Bonchev–Trinajstić information content (AvgIpc) is 2.03. The summed E-state index contributed by atoms with van der Waals surface area (Å²) in [6.07, 6.45) is 0. The summed E-state index contributed by atoms with van der Waals surface area (Å²) in [6, 6.07) is 0. The van der Waals surface area contributed by atoms with Gasteiger partial charge in [-0.25, -0.2) is 0 Å². The summed E-state index contributed by atoms with van der Waals surface area (Å²) >= 11 is 0. The molecule has 0 aliphatic rings. The molecule has 5 heteroatoms. The topological polar surface area (TPSA) is 69.2 Å². The van der Waals surface area contributed by atoms with Crippen LogP contribution in [-0.2, 0) is 9.59 Å². The third-order valence-electron chi connectivity index (χ3n) is 1.31. The summed E-state index contributed by atoms with van der Waals surface area (Å²) in [5, 5.41) is 12.8. The van der Waals surface area contributed by atoms with Gasteiger partial charge in [-0.1, -0.05) is 13.8 Å². The van der Waals surface area contributed by atoms with Crippen molar-refractivity contribution in [1.29, 1.82) is 0 Å². The Bertz CT molecular complexity index is 190. The van der Waals surface area contributed by atoms with Gasteiger partial charge in [-0.3, -0.25) is 4.79 Å². The monoisotopic (exact) mass is 204 g/mol. The zero-order valence-electron chi connectivity index (χ0n) is 9.59. The number of rotatable bonds is 4. The molecule has 0 aromatic carbocycles. The van der Waals surface area contributed by atoms with E-state index in [1.54, 1.807) is 14.1 Å². The molecule has 0 saturated carbocycles. The Labute approximate surface area is 85.3 Å². The summed E-state index contributed by atoms with van der Waals surface area (Å²) in [5.74, 6) is -1.29. The number of carbonyl (C=O) groups excluding carboxylic acids is 2. The maximum Gasteiger partial charge on any atom is 0.221 e. The molecule has 0 saturated heterocycles. The van der Waals surface area contributed by atoms with Gasteiger partial charge in [0.2, 0.25) is 5.91 Å². The first-order chi connectivity index (χ1) is 6.33. The van der Waals surface area contributed by atoms with Gasteiger partial charge < -0.3 is 19.7 Å². The highest BCUT2D eigenvalue weighted by molar-refractivity contribution is 5.72. The second-order valence-electron chi connectivity index (χ2n) is 3.36. The Morgan fingerprint density at radius 1 is 1.29 bits per heavy atom. The van der Waals surface area contributed by atoms with Crippen LogP contribution in [0, 0.1) is 0 Å². The van der Waals surface area contributed by atoms with Crippen LogP contribution in [-0.4, -0.2) is 43.7 Å². The first kappa shape index (κ1) is 15.4. The summed E-state index contributed by atoms with van der Waals surface area (Å²) < 4.78 is 0.182. The molecule has 0 atom stereocenters. The molecule has 0 aliphatic carbocycles. The minimum Gasteiger partial charge on any atom is -0.544 e. The summed E-state index contributed by atoms with van der Waals surface area (Å²) in [7, 11) is 3.40. The van der Waals surface area contributed by atoms with E-state index in [0.717, 1.165) is 0 Å². The van der Waals surface area contributed by atoms with E-state index < -0.39 is 5.97 Å². The van der Waals surface area contributed by atoms with Crippen LogP contribution in [0.4, 0.5) is 0 Å². The zero-order valence-corrected chi connectivity index (χ0v) is 9.59. The zero-order chi connectivity index (χ0) is 11.8. The van der Waals surface area contributed by atoms with Crippen molar-refractivity contribution >= 4 is 11.9 Å². The van der Waals surface area contributed by atoms with Crippen molar-refractivity contribution in [3.63, 3.8) is 0 Å². The quantitative estimate of drug-likeness (QED) is 0.468. The summed E-state index contributed by atoms with van der Waals surface area (Å²) in [6.45, 7) is 5.57. The van der Waals surface area contributed by atoms with E-state index in [1.807, 2.05) is 13.8 Å². The van der Waals surface area contributed by atoms with Crippen LogP contribution in [0.25, 0.3) is 0 Å². The van der Waals surface area contributed by atoms with Crippen LogP contribution in [0.5, 0.6) is 0 Å². The van der Waals surface area contributed by atoms with Gasteiger partial charge in [-0.05, 0) is 0 Å². The molecule has 1 N–H and O–H groups in total. The molecule has 14 heavy (non-hydrogen) atoms. The molecule has 0 fully saturated rings. The lowest BCUT2D eigenvalue weighted by Gasteiger charge is -2.29. The molecular formula is C9H20N2O3. The first-order valence-corrected chi connectivity index (χ1v) is 4.60. The van der Waals surface area contributed by atoms with E-state index >= 15 is 0 Å². The fourth-order valence-corrected chi connectivity index (χ4v) is 0.731. The SMILES string of the molecule is CC.CC(=O)NC[N+](C)(C)CC(=O)[O-]. The maximum atomic E-state index is 10.5. The largest absolute Gasteiger partial charge is 0.544 e. The molecule has 0 radical (unpaired) electrons. The number of carboxylic acids is 1. The molecule has 1 amide bonds. The molecule has 5 nitrogen and oxygen atoms in total. The first-order valence-electron chi connectivity index (χ1n) is 4.60. The van der Waals surface area contributed by atoms with Crippen LogP contribution < -0.4 is 10.4 Å². The summed E-state index contributed by atoms with van der Waals surface area (Å²) in [4.78, 5) is 20.7. The maximum absolute atomic E-state index is 10.5. The molecule has 0 aliphatic heterocycles. The van der Waals surface area contributed by atoms with Gasteiger partial charge >= 0.3 is 0 Å². The number of quaternary nitrogens is 1. The molecule has 0 aromatic heterocycles. The van der Waals surface area contributed by atoms with E-state index in [4.69, 9.17) is 0 Å². The van der Waals surface area contributed by atoms with E-state index in [1.165, 1.54) is 6.92 Å². The fraction of sp³-hybridized carbons (Fsp3) is 0.778. The number of nitrogens with zero attached hydrogens (tertiary/aromatic N) is 1. The van der Waals surface area contributed by atoms with Gasteiger partial charge in [0.05, 0.1) is 20.1 Å². The van der Waals surface area contributed by atoms with Crippen LogP contribution >= 0.6 is 0 Å². The number of likely N-dealkylation sites (N-methyl/N-ethyl adjacent to an activating group) is 1. The lowest BCUT2D eigenvalue weighted by Crippen LogP contribution is -2.53. The Hall–Kier alpha value is -1.10. The number of amides is 1. The Morgan fingerprint density at radius 2 is 1.71 bits per heavy atom. The second-order valence-corrected chi connectivity index (χ2v) is 3.36. The number of aliphatic carboxylic acids is 1. The smallest absolute Gasteiger partial charge is 0.221 e. The number of nitrogens with one attached hydrogen (secondary N) is 1. The number of hydrogen-bond donors (Lipinski definition) is 1. The van der Waals surface area contributed by atoms with E-state index in [9.17, 15) is 14.7 Å². The van der Waals surface area contributed by atoms with Gasteiger partial charge in [0.25, 0.3) is 0 Å². The second kappa shape index (κ2) is 7.32. The van der Waals surface area contributed by atoms with Crippen LogP contribution in [0.1, 0.15) is 20.8 Å². The highest BCUT2D eigenvalue weighted by Crippen LogP contribution is 1.91. The van der Waals surface area contributed by atoms with Crippen molar-refractivity contribution < 1.29 is 19.2 Å². The van der Waals surface area contributed by atoms with Crippen molar-refractivity contribution in [2.24, 2.45) is 0 Å². The van der Waals surface area contributed by atoms with Gasteiger partial charge in [0.1, 0.15) is 6.54 Å². The third kappa shape index (κ3) is 10.9. The molecule has 84 valence electrons. The predicted molar refractivity (Wildman–Crippen MR) is 52.0 cm³/mol. The molecule has 0 bridgehead atoms. The van der Waals surface area contributed by atoms with Gasteiger partial charge in [0.15, 0.2) is 6.67 Å². The van der Waals surface area contributed by atoms with Crippen LogP contribution in [0.2, 0.25) is 0 Å². The Balaban J connectivity index is 0. The third-order valence-corrected chi connectivity index (χ3v) is 1.31. The van der Waals surface area contributed by atoms with Crippen molar-refractivity contribution in [1.82, 2.24) is 5.32 Å². The minimum atomic E-state index is -1.12. The molecule has 0 aromatic rings. The lowest BCUT2D eigenvalue weighted by atomic mass is 10.5. The van der Waals surface area contributed by atoms with Gasteiger partial charge in [0, 0.05) is 6.92 Å². The molecular weight excluding hydrogens is 184 g/mol. The predicted octanol–water partition coefficient (Wildman–Crippen LogP) is -1.07. The lowest BCUT2D eigenvalue weighted by molar-refractivity contribution is -0.886. The minimum absolute atomic E-state index is 0.111. The number of carboxylic acid groups (broad SMARTS) is 1. The van der Waals surface area contributed by atoms with Crippen molar-refractivity contribution in [2.75, 3.05) is 27.3 Å².